The molecule has 0 saturated heterocycles. The van der Waals surface area contributed by atoms with Gasteiger partial charge in [0.1, 0.15) is 4.60 Å². The molecule has 0 aromatic carbocycles. The van der Waals surface area contributed by atoms with E-state index in [0.717, 1.165) is 26.6 Å². The van der Waals surface area contributed by atoms with Crippen molar-refractivity contribution in [3.8, 4) is 0 Å². The van der Waals surface area contributed by atoms with Crippen LogP contribution in [0, 0.1) is 6.92 Å². The van der Waals surface area contributed by atoms with Gasteiger partial charge in [0.2, 0.25) is 0 Å². The standard InChI is InChI=1S/C13H12BrN5OS/c1-6-12(14)19-10(20)5-8(15-13(19)21-6)4-9-11(7-2-3-7)17-18-16-9/h5,7H,2-4H2,1H3,(H,16,17,18). The summed E-state index contributed by atoms with van der Waals surface area (Å²) in [5.41, 5.74) is 2.61. The number of H-pyrrole nitrogens is 1. The lowest BCUT2D eigenvalue weighted by molar-refractivity contribution is 0.897. The molecule has 3 heterocycles. The maximum atomic E-state index is 12.2. The van der Waals surface area contributed by atoms with Crippen molar-refractivity contribution in [3.63, 3.8) is 0 Å². The van der Waals surface area contributed by atoms with Crippen molar-refractivity contribution < 1.29 is 0 Å². The third kappa shape index (κ3) is 2.22. The third-order valence-electron chi connectivity index (χ3n) is 3.64. The molecule has 1 saturated carbocycles. The van der Waals surface area contributed by atoms with E-state index in [4.69, 9.17) is 0 Å². The van der Waals surface area contributed by atoms with E-state index in [9.17, 15) is 4.79 Å². The first-order valence-electron chi connectivity index (χ1n) is 6.70. The minimum Gasteiger partial charge on any atom is -0.269 e. The monoisotopic (exact) mass is 365 g/mol. The normalized spacial score (nSPS) is 15.0. The van der Waals surface area contributed by atoms with Gasteiger partial charge in [-0.2, -0.15) is 15.4 Å². The van der Waals surface area contributed by atoms with Crippen molar-refractivity contribution in [2.24, 2.45) is 0 Å². The zero-order valence-electron chi connectivity index (χ0n) is 11.3. The van der Waals surface area contributed by atoms with Crippen LogP contribution >= 0.6 is 27.3 Å². The van der Waals surface area contributed by atoms with E-state index in [0.29, 0.717) is 17.3 Å². The first-order valence-corrected chi connectivity index (χ1v) is 8.31. The van der Waals surface area contributed by atoms with Crippen LogP contribution < -0.4 is 5.56 Å². The number of thiazole rings is 1. The van der Waals surface area contributed by atoms with Crippen molar-refractivity contribution >= 4 is 32.2 Å². The molecule has 4 rings (SSSR count). The van der Waals surface area contributed by atoms with Crippen LogP contribution in [-0.4, -0.2) is 24.8 Å². The third-order valence-corrected chi connectivity index (χ3v) is 5.80. The first-order chi connectivity index (χ1) is 10.1. The van der Waals surface area contributed by atoms with Crippen LogP contribution in [0.1, 0.15) is 40.7 Å². The lowest BCUT2D eigenvalue weighted by atomic mass is 10.1. The van der Waals surface area contributed by atoms with Crippen LogP contribution in [0.2, 0.25) is 0 Å². The summed E-state index contributed by atoms with van der Waals surface area (Å²) >= 11 is 4.94. The van der Waals surface area contributed by atoms with Crippen LogP contribution in [0.3, 0.4) is 0 Å². The number of halogens is 1. The van der Waals surface area contributed by atoms with Crippen LogP contribution in [0.4, 0.5) is 0 Å². The van der Waals surface area contributed by atoms with Crippen molar-refractivity contribution in [2.45, 2.75) is 32.1 Å². The predicted octanol–water partition coefficient (Wildman–Crippen LogP) is 2.41. The molecule has 0 unspecified atom stereocenters. The molecule has 0 amide bonds. The highest BCUT2D eigenvalue weighted by atomic mass is 79.9. The van der Waals surface area contributed by atoms with Gasteiger partial charge in [0, 0.05) is 23.3 Å². The summed E-state index contributed by atoms with van der Waals surface area (Å²) in [6, 6.07) is 1.58. The van der Waals surface area contributed by atoms with Gasteiger partial charge in [-0.3, -0.25) is 4.79 Å². The Morgan fingerprint density at radius 2 is 2.29 bits per heavy atom. The Balaban J connectivity index is 1.77. The minimum atomic E-state index is -0.0670. The van der Waals surface area contributed by atoms with Gasteiger partial charge in [-0.05, 0) is 35.7 Å². The summed E-state index contributed by atoms with van der Waals surface area (Å²) in [6.45, 7) is 1.96. The molecule has 6 nitrogen and oxygen atoms in total. The quantitative estimate of drug-likeness (QED) is 0.773. The highest BCUT2D eigenvalue weighted by molar-refractivity contribution is 9.10. The molecular weight excluding hydrogens is 354 g/mol. The zero-order chi connectivity index (χ0) is 14.6. The molecule has 3 aromatic heterocycles. The zero-order valence-corrected chi connectivity index (χ0v) is 13.7. The summed E-state index contributed by atoms with van der Waals surface area (Å²) < 4.78 is 2.38. The number of aromatic amines is 1. The molecule has 1 aliphatic carbocycles. The Bertz CT molecular complexity index is 892. The average Bonchev–Trinajstić information content (AvgIpc) is 3.11. The maximum absolute atomic E-state index is 12.2. The summed E-state index contributed by atoms with van der Waals surface area (Å²) in [5, 5.41) is 11.1. The Morgan fingerprint density at radius 1 is 1.48 bits per heavy atom. The van der Waals surface area contributed by atoms with Crippen molar-refractivity contribution in [1.82, 2.24) is 24.8 Å². The molecule has 1 fully saturated rings. The topological polar surface area (TPSA) is 75.9 Å². The van der Waals surface area contributed by atoms with Gasteiger partial charge in [0.15, 0.2) is 4.96 Å². The number of hydrogen-bond donors (Lipinski definition) is 1. The van der Waals surface area contributed by atoms with E-state index >= 15 is 0 Å². The lowest BCUT2D eigenvalue weighted by Gasteiger charge is -2.00. The number of nitrogens with one attached hydrogen (secondary N) is 1. The van der Waals surface area contributed by atoms with Crippen LogP contribution in [0.15, 0.2) is 15.5 Å². The number of aryl methyl sites for hydroxylation is 1. The lowest BCUT2D eigenvalue weighted by Crippen LogP contribution is -2.14. The summed E-state index contributed by atoms with van der Waals surface area (Å²) in [5.74, 6) is 0.529. The van der Waals surface area contributed by atoms with Crippen molar-refractivity contribution in [2.75, 3.05) is 0 Å². The van der Waals surface area contributed by atoms with Crippen LogP contribution in [0.25, 0.3) is 4.96 Å². The molecule has 1 aliphatic rings. The highest BCUT2D eigenvalue weighted by Crippen LogP contribution is 2.40. The number of nitrogens with zero attached hydrogens (tertiary/aromatic N) is 4. The minimum absolute atomic E-state index is 0.0670. The number of aromatic nitrogens is 5. The van der Waals surface area contributed by atoms with E-state index < -0.39 is 0 Å². The Hall–Kier alpha value is -1.54. The van der Waals surface area contributed by atoms with Crippen LogP contribution in [0.5, 0.6) is 0 Å². The fraction of sp³-hybridized carbons (Fsp3) is 0.385. The SMILES string of the molecule is Cc1sc2nc(Cc3n[nH]nc3C3CC3)cc(=O)n2c1Br. The Kier molecular flexibility index (Phi) is 2.97. The molecular formula is C13H12BrN5OS. The van der Waals surface area contributed by atoms with Gasteiger partial charge in [0.05, 0.1) is 17.1 Å². The molecule has 0 bridgehead atoms. The molecule has 8 heteroatoms. The molecule has 1 N–H and O–H groups in total. The van der Waals surface area contributed by atoms with E-state index in [1.165, 1.54) is 24.2 Å². The van der Waals surface area contributed by atoms with Gasteiger partial charge < -0.3 is 0 Å². The second-order valence-electron chi connectivity index (χ2n) is 5.26. The van der Waals surface area contributed by atoms with E-state index in [2.05, 4.69) is 36.3 Å². The van der Waals surface area contributed by atoms with Gasteiger partial charge >= 0.3 is 0 Å². The van der Waals surface area contributed by atoms with Crippen molar-refractivity contribution in [3.05, 3.63) is 43.0 Å². The Morgan fingerprint density at radius 3 is 3.05 bits per heavy atom. The average molecular weight is 366 g/mol. The second kappa shape index (κ2) is 4.74. The number of fused-ring (bicyclic) bond motifs is 1. The fourth-order valence-electron chi connectivity index (χ4n) is 2.43. The molecule has 0 radical (unpaired) electrons. The summed E-state index contributed by atoms with van der Waals surface area (Å²) in [4.78, 5) is 18.6. The summed E-state index contributed by atoms with van der Waals surface area (Å²) in [6.07, 6.45) is 2.89. The molecule has 0 atom stereocenters. The van der Waals surface area contributed by atoms with Gasteiger partial charge in [-0.15, -0.1) is 11.3 Å². The first kappa shape index (κ1) is 13.1. The molecule has 108 valence electrons. The smallest absolute Gasteiger partial charge is 0.259 e. The predicted molar refractivity (Wildman–Crippen MR) is 82.9 cm³/mol. The fourth-order valence-corrected chi connectivity index (χ4v) is 4.02. The second-order valence-corrected chi connectivity index (χ2v) is 7.19. The van der Waals surface area contributed by atoms with E-state index in [1.54, 1.807) is 10.5 Å². The summed E-state index contributed by atoms with van der Waals surface area (Å²) in [7, 11) is 0. The number of hydrogen-bond acceptors (Lipinski definition) is 5. The maximum Gasteiger partial charge on any atom is 0.259 e. The van der Waals surface area contributed by atoms with E-state index in [1.807, 2.05) is 6.92 Å². The molecule has 0 aliphatic heterocycles. The Labute approximate surface area is 132 Å². The molecule has 0 spiro atoms. The van der Waals surface area contributed by atoms with Crippen molar-refractivity contribution in [1.29, 1.82) is 0 Å². The molecule has 3 aromatic rings. The number of rotatable bonds is 3. The highest BCUT2D eigenvalue weighted by Gasteiger charge is 2.29. The van der Waals surface area contributed by atoms with Gasteiger partial charge in [-0.25, -0.2) is 9.38 Å². The van der Waals surface area contributed by atoms with E-state index in [-0.39, 0.29) is 5.56 Å². The molecule has 21 heavy (non-hydrogen) atoms. The van der Waals surface area contributed by atoms with Gasteiger partial charge in [-0.1, -0.05) is 0 Å². The van der Waals surface area contributed by atoms with Crippen LogP contribution in [-0.2, 0) is 6.42 Å². The van der Waals surface area contributed by atoms with Gasteiger partial charge in [0.25, 0.3) is 5.56 Å². The largest absolute Gasteiger partial charge is 0.269 e.